The van der Waals surface area contributed by atoms with Gasteiger partial charge in [0.1, 0.15) is 5.40 Å². The lowest BCUT2D eigenvalue weighted by atomic mass is 10.2. The zero-order chi connectivity index (χ0) is 9.68. The summed E-state index contributed by atoms with van der Waals surface area (Å²) in [7, 11) is 4.08. The summed E-state index contributed by atoms with van der Waals surface area (Å²) in [6, 6.07) is 8.07. The van der Waals surface area contributed by atoms with Crippen LogP contribution in [0.2, 0.25) is 0 Å². The molecule has 13 heavy (non-hydrogen) atoms. The fraction of sp³-hybridized carbons (Fsp3) is 0.300. The molecule has 0 atom stereocenters. The smallest absolute Gasteiger partial charge is 0.138 e. The third kappa shape index (κ3) is 3.49. The minimum absolute atomic E-state index is 0.942. The lowest BCUT2D eigenvalue weighted by Gasteiger charge is -2.09. The molecular weight excluding hydrogens is 180 g/mol. The van der Waals surface area contributed by atoms with E-state index in [0.717, 1.165) is 11.4 Å². The molecule has 0 aliphatic rings. The Morgan fingerprint density at radius 2 is 1.92 bits per heavy atom. The zero-order valence-electron chi connectivity index (χ0n) is 7.82. The maximum atomic E-state index is 8.44. The summed E-state index contributed by atoms with van der Waals surface area (Å²) in [5.41, 5.74) is 1.27. The molecule has 0 unspecified atom stereocenters. The Hall–Kier alpha value is -0.980. The van der Waals surface area contributed by atoms with Crippen molar-refractivity contribution in [3.63, 3.8) is 0 Å². The highest BCUT2D eigenvalue weighted by Gasteiger charge is 1.95. The van der Waals surface area contributed by atoms with Gasteiger partial charge >= 0.3 is 0 Å². The van der Waals surface area contributed by atoms with Gasteiger partial charge in [0.2, 0.25) is 0 Å². The Balaban J connectivity index is 2.65. The number of nitriles is 1. The van der Waals surface area contributed by atoms with Crippen molar-refractivity contribution in [2.45, 2.75) is 11.4 Å². The Kier molecular flexibility index (Phi) is 3.81. The highest BCUT2D eigenvalue weighted by molar-refractivity contribution is 8.03. The monoisotopic (exact) mass is 192 g/mol. The Morgan fingerprint density at radius 1 is 1.31 bits per heavy atom. The molecule has 0 aromatic heterocycles. The van der Waals surface area contributed by atoms with Gasteiger partial charge in [-0.05, 0) is 43.6 Å². The zero-order valence-corrected chi connectivity index (χ0v) is 8.64. The van der Waals surface area contributed by atoms with E-state index in [1.54, 1.807) is 0 Å². The Morgan fingerprint density at radius 3 is 2.38 bits per heavy atom. The van der Waals surface area contributed by atoms with Crippen molar-refractivity contribution in [3.8, 4) is 5.40 Å². The lowest BCUT2D eigenvalue weighted by Crippen LogP contribution is -2.10. The van der Waals surface area contributed by atoms with Crippen LogP contribution in [-0.4, -0.2) is 19.0 Å². The van der Waals surface area contributed by atoms with Gasteiger partial charge in [0, 0.05) is 11.4 Å². The maximum absolute atomic E-state index is 8.44. The molecule has 0 amide bonds. The van der Waals surface area contributed by atoms with Crippen LogP contribution in [0, 0.1) is 10.7 Å². The molecule has 0 bridgehead atoms. The lowest BCUT2D eigenvalue weighted by molar-refractivity contribution is 0.402. The van der Waals surface area contributed by atoms with E-state index in [-0.39, 0.29) is 0 Å². The molecule has 0 aliphatic carbocycles. The third-order valence-electron chi connectivity index (χ3n) is 1.59. The van der Waals surface area contributed by atoms with Crippen molar-refractivity contribution in [3.05, 3.63) is 29.8 Å². The summed E-state index contributed by atoms with van der Waals surface area (Å²) in [5, 5.41) is 10.5. The maximum Gasteiger partial charge on any atom is 0.138 e. The second-order valence-corrected chi connectivity index (χ2v) is 3.93. The van der Waals surface area contributed by atoms with Gasteiger partial charge in [-0.25, -0.2) is 0 Å². The number of thiocyanates is 1. The highest BCUT2D eigenvalue weighted by atomic mass is 32.2. The van der Waals surface area contributed by atoms with Crippen molar-refractivity contribution in [2.24, 2.45) is 0 Å². The number of nitrogens with zero attached hydrogens (tertiary/aromatic N) is 2. The van der Waals surface area contributed by atoms with E-state index in [1.165, 1.54) is 17.3 Å². The van der Waals surface area contributed by atoms with E-state index in [9.17, 15) is 0 Å². The van der Waals surface area contributed by atoms with Gasteiger partial charge in [-0.15, -0.1) is 0 Å². The largest absolute Gasteiger partial charge is 0.305 e. The van der Waals surface area contributed by atoms with Gasteiger partial charge in [0.05, 0.1) is 0 Å². The minimum Gasteiger partial charge on any atom is -0.305 e. The molecule has 0 fully saturated rings. The van der Waals surface area contributed by atoms with Crippen LogP contribution >= 0.6 is 11.8 Å². The summed E-state index contributed by atoms with van der Waals surface area (Å²) in [4.78, 5) is 3.12. The van der Waals surface area contributed by atoms with Crippen molar-refractivity contribution >= 4 is 11.8 Å². The van der Waals surface area contributed by atoms with Crippen LogP contribution < -0.4 is 0 Å². The second kappa shape index (κ2) is 4.90. The molecule has 1 rings (SSSR count). The molecule has 0 N–H and O–H groups in total. The average Bonchev–Trinajstić information content (AvgIpc) is 2.08. The molecule has 0 heterocycles. The Labute approximate surface area is 83.2 Å². The summed E-state index contributed by atoms with van der Waals surface area (Å²) >= 11 is 1.19. The Bertz CT molecular complexity index is 298. The molecule has 0 radical (unpaired) electrons. The van der Waals surface area contributed by atoms with Crippen LogP contribution in [0.3, 0.4) is 0 Å². The number of thioether (sulfide) groups is 1. The van der Waals surface area contributed by atoms with E-state index in [1.807, 2.05) is 26.2 Å². The van der Waals surface area contributed by atoms with Gasteiger partial charge in [0.25, 0.3) is 0 Å². The first-order valence-electron chi connectivity index (χ1n) is 4.02. The summed E-state index contributed by atoms with van der Waals surface area (Å²) in [6.07, 6.45) is 0. The molecule has 0 aliphatic heterocycles. The normalized spacial score (nSPS) is 10.0. The first-order chi connectivity index (χ1) is 6.22. The van der Waals surface area contributed by atoms with Crippen LogP contribution in [-0.2, 0) is 6.54 Å². The summed E-state index contributed by atoms with van der Waals surface area (Å²) in [6.45, 7) is 0.942. The first kappa shape index (κ1) is 10.1. The molecule has 1 aromatic carbocycles. The van der Waals surface area contributed by atoms with Gasteiger partial charge in [-0.3, -0.25) is 0 Å². The molecular formula is C10H12N2S. The molecule has 2 nitrogen and oxygen atoms in total. The number of hydrogen-bond donors (Lipinski definition) is 0. The minimum atomic E-state index is 0.942. The quantitative estimate of drug-likeness (QED) is 0.543. The van der Waals surface area contributed by atoms with E-state index < -0.39 is 0 Å². The van der Waals surface area contributed by atoms with E-state index in [0.29, 0.717) is 0 Å². The van der Waals surface area contributed by atoms with Crippen LogP contribution in [0.5, 0.6) is 0 Å². The SMILES string of the molecule is CN(C)Cc1ccc(SC#N)cc1. The molecule has 68 valence electrons. The molecule has 3 heteroatoms. The third-order valence-corrected chi connectivity index (χ3v) is 2.18. The van der Waals surface area contributed by atoms with Crippen LogP contribution in [0.15, 0.2) is 29.2 Å². The van der Waals surface area contributed by atoms with Crippen LogP contribution in [0.1, 0.15) is 5.56 Å². The first-order valence-corrected chi connectivity index (χ1v) is 4.83. The predicted octanol–water partition coefficient (Wildman–Crippen LogP) is 2.32. The van der Waals surface area contributed by atoms with Crippen molar-refractivity contribution in [1.29, 1.82) is 5.26 Å². The highest BCUT2D eigenvalue weighted by Crippen LogP contribution is 2.16. The fourth-order valence-corrected chi connectivity index (χ4v) is 1.46. The second-order valence-electron chi connectivity index (χ2n) is 3.08. The van der Waals surface area contributed by atoms with Gasteiger partial charge in [0.15, 0.2) is 0 Å². The van der Waals surface area contributed by atoms with Crippen molar-refractivity contribution in [2.75, 3.05) is 14.1 Å². The number of benzene rings is 1. The summed E-state index contributed by atoms with van der Waals surface area (Å²) in [5.74, 6) is 0. The topological polar surface area (TPSA) is 27.0 Å². The van der Waals surface area contributed by atoms with Crippen molar-refractivity contribution in [1.82, 2.24) is 4.90 Å². The molecule has 0 saturated carbocycles. The predicted molar refractivity (Wildman–Crippen MR) is 55.3 cm³/mol. The molecule has 0 spiro atoms. The number of hydrogen-bond acceptors (Lipinski definition) is 3. The van der Waals surface area contributed by atoms with E-state index >= 15 is 0 Å². The van der Waals surface area contributed by atoms with Crippen molar-refractivity contribution < 1.29 is 0 Å². The van der Waals surface area contributed by atoms with Gasteiger partial charge in [-0.2, -0.15) is 5.26 Å². The average molecular weight is 192 g/mol. The van der Waals surface area contributed by atoms with Gasteiger partial charge < -0.3 is 4.90 Å². The van der Waals surface area contributed by atoms with E-state index in [2.05, 4.69) is 22.4 Å². The van der Waals surface area contributed by atoms with Crippen LogP contribution in [0.25, 0.3) is 0 Å². The van der Waals surface area contributed by atoms with Crippen LogP contribution in [0.4, 0.5) is 0 Å². The fourth-order valence-electron chi connectivity index (χ4n) is 1.08. The van der Waals surface area contributed by atoms with Gasteiger partial charge in [-0.1, -0.05) is 12.1 Å². The van der Waals surface area contributed by atoms with E-state index in [4.69, 9.17) is 5.26 Å². The number of rotatable bonds is 3. The molecule has 0 saturated heterocycles. The molecule has 1 aromatic rings. The standard InChI is InChI=1S/C10H12N2S/c1-12(2)7-9-3-5-10(6-4-9)13-8-11/h3-6H,7H2,1-2H3. The summed E-state index contributed by atoms with van der Waals surface area (Å²) < 4.78 is 0.